The van der Waals surface area contributed by atoms with Crippen molar-refractivity contribution in [1.82, 2.24) is 10.2 Å². The zero-order valence-corrected chi connectivity index (χ0v) is 7.42. The van der Waals surface area contributed by atoms with Gasteiger partial charge in [0.15, 0.2) is 5.78 Å². The first-order valence-corrected chi connectivity index (χ1v) is 3.60. The van der Waals surface area contributed by atoms with Crippen molar-refractivity contribution < 1.29 is 4.79 Å². The molecule has 0 aliphatic heterocycles. The number of likely N-dealkylation sites (N-methyl/N-ethyl adjacent to an activating group) is 2. The van der Waals surface area contributed by atoms with Gasteiger partial charge in [0.25, 0.3) is 0 Å². The Bertz CT molecular complexity index is 143. The fourth-order valence-corrected chi connectivity index (χ4v) is 0.867. The van der Waals surface area contributed by atoms with Crippen molar-refractivity contribution in [1.29, 1.82) is 0 Å². The van der Waals surface area contributed by atoms with Crippen LogP contribution in [0.15, 0.2) is 12.7 Å². The largest absolute Gasteiger partial charge is 0.318 e. The quantitative estimate of drug-likeness (QED) is 0.564. The highest BCUT2D eigenvalue weighted by Gasteiger charge is 2.15. The molecule has 0 aromatic rings. The molecule has 0 aromatic carbocycles. The van der Waals surface area contributed by atoms with E-state index < -0.39 is 0 Å². The summed E-state index contributed by atoms with van der Waals surface area (Å²) in [6, 6.07) is -0.0856. The van der Waals surface area contributed by atoms with Gasteiger partial charge in [0.05, 0.1) is 6.04 Å². The summed E-state index contributed by atoms with van der Waals surface area (Å²) in [7, 11) is 5.58. The van der Waals surface area contributed by atoms with Gasteiger partial charge in [-0.1, -0.05) is 6.58 Å². The molecule has 1 unspecified atom stereocenters. The molecule has 11 heavy (non-hydrogen) atoms. The summed E-state index contributed by atoms with van der Waals surface area (Å²) in [5.41, 5.74) is 0. The fraction of sp³-hybridized carbons (Fsp3) is 0.625. The minimum atomic E-state index is -0.0856. The van der Waals surface area contributed by atoms with Crippen molar-refractivity contribution in [3.05, 3.63) is 12.7 Å². The predicted octanol–water partition coefficient (Wildman–Crippen LogP) is -0.109. The number of hydrogen-bond donors (Lipinski definition) is 1. The third-order valence-corrected chi connectivity index (χ3v) is 1.55. The highest BCUT2D eigenvalue weighted by atomic mass is 16.1. The lowest BCUT2D eigenvalue weighted by Crippen LogP contribution is -2.42. The second-order valence-corrected chi connectivity index (χ2v) is 2.64. The van der Waals surface area contributed by atoms with Crippen LogP contribution in [0.5, 0.6) is 0 Å². The Balaban J connectivity index is 4.08. The maximum atomic E-state index is 11.1. The Morgan fingerprint density at radius 3 is 2.55 bits per heavy atom. The lowest BCUT2D eigenvalue weighted by Gasteiger charge is -2.20. The van der Waals surface area contributed by atoms with Crippen LogP contribution in [0.4, 0.5) is 0 Å². The van der Waals surface area contributed by atoms with E-state index in [-0.39, 0.29) is 11.8 Å². The Labute approximate surface area is 68.1 Å². The van der Waals surface area contributed by atoms with Crippen molar-refractivity contribution in [2.75, 3.05) is 27.7 Å². The lowest BCUT2D eigenvalue weighted by molar-refractivity contribution is -0.118. The van der Waals surface area contributed by atoms with Gasteiger partial charge < -0.3 is 5.32 Å². The standard InChI is InChI=1S/C8H16N2O/c1-5-8(11)7(6-9-2)10(3)4/h5,7,9H,1,6H2,2-4H3. The van der Waals surface area contributed by atoms with Crippen molar-refractivity contribution >= 4 is 5.78 Å². The van der Waals surface area contributed by atoms with Gasteiger partial charge in [0, 0.05) is 6.54 Å². The third-order valence-electron chi connectivity index (χ3n) is 1.55. The first-order valence-electron chi connectivity index (χ1n) is 3.60. The van der Waals surface area contributed by atoms with E-state index in [2.05, 4.69) is 11.9 Å². The maximum absolute atomic E-state index is 11.1. The smallest absolute Gasteiger partial charge is 0.173 e. The van der Waals surface area contributed by atoms with Gasteiger partial charge in [0.1, 0.15) is 0 Å². The number of carbonyl (C=O) groups is 1. The highest BCUT2D eigenvalue weighted by molar-refractivity contribution is 5.93. The summed E-state index contributed by atoms with van der Waals surface area (Å²) < 4.78 is 0. The van der Waals surface area contributed by atoms with E-state index in [1.807, 2.05) is 26.0 Å². The van der Waals surface area contributed by atoms with E-state index >= 15 is 0 Å². The van der Waals surface area contributed by atoms with Crippen LogP contribution < -0.4 is 5.32 Å². The summed E-state index contributed by atoms with van der Waals surface area (Å²) in [6.07, 6.45) is 1.36. The molecule has 0 fully saturated rings. The molecule has 3 nitrogen and oxygen atoms in total. The SMILES string of the molecule is C=CC(=O)C(CNC)N(C)C. The number of carbonyl (C=O) groups excluding carboxylic acids is 1. The molecule has 1 atom stereocenters. The summed E-state index contributed by atoms with van der Waals surface area (Å²) in [5.74, 6) is 0.0596. The van der Waals surface area contributed by atoms with Gasteiger partial charge in [-0.15, -0.1) is 0 Å². The van der Waals surface area contributed by atoms with Crippen molar-refractivity contribution in [3.63, 3.8) is 0 Å². The van der Waals surface area contributed by atoms with E-state index in [0.717, 1.165) is 0 Å². The molecule has 3 heteroatoms. The van der Waals surface area contributed by atoms with Crippen LogP contribution in [0, 0.1) is 0 Å². The molecule has 0 aliphatic rings. The minimum Gasteiger partial charge on any atom is -0.318 e. The van der Waals surface area contributed by atoms with Gasteiger partial charge in [0.2, 0.25) is 0 Å². The van der Waals surface area contributed by atoms with Crippen LogP contribution in [0.1, 0.15) is 0 Å². The van der Waals surface area contributed by atoms with E-state index in [1.165, 1.54) is 6.08 Å². The molecular formula is C8H16N2O. The molecule has 0 amide bonds. The first kappa shape index (κ1) is 10.3. The summed E-state index contributed by atoms with van der Waals surface area (Å²) in [5, 5.41) is 2.95. The van der Waals surface area contributed by atoms with Crippen molar-refractivity contribution in [3.8, 4) is 0 Å². The van der Waals surface area contributed by atoms with Crippen LogP contribution in [0.2, 0.25) is 0 Å². The number of ketones is 1. The summed E-state index contributed by atoms with van der Waals surface area (Å²) in [4.78, 5) is 13.0. The Hall–Kier alpha value is -0.670. The molecule has 0 aromatic heterocycles. The van der Waals surface area contributed by atoms with Gasteiger partial charge in [-0.2, -0.15) is 0 Å². The number of nitrogens with zero attached hydrogens (tertiary/aromatic N) is 1. The molecule has 1 N–H and O–H groups in total. The monoisotopic (exact) mass is 156 g/mol. The number of hydrogen-bond acceptors (Lipinski definition) is 3. The summed E-state index contributed by atoms with van der Waals surface area (Å²) >= 11 is 0. The third kappa shape index (κ3) is 3.30. The molecule has 0 rings (SSSR count). The highest BCUT2D eigenvalue weighted by Crippen LogP contribution is 1.93. The van der Waals surface area contributed by atoms with Crippen LogP contribution >= 0.6 is 0 Å². The molecule has 0 radical (unpaired) electrons. The zero-order chi connectivity index (χ0) is 8.85. The lowest BCUT2D eigenvalue weighted by atomic mass is 10.1. The molecule has 64 valence electrons. The van der Waals surface area contributed by atoms with E-state index in [1.54, 1.807) is 0 Å². The average molecular weight is 156 g/mol. The Kier molecular flexibility index (Phi) is 4.74. The summed E-state index contributed by atoms with van der Waals surface area (Å²) in [6.45, 7) is 4.11. The van der Waals surface area contributed by atoms with E-state index in [0.29, 0.717) is 6.54 Å². The van der Waals surface area contributed by atoms with Crippen molar-refractivity contribution in [2.24, 2.45) is 0 Å². The van der Waals surface area contributed by atoms with Gasteiger partial charge in [-0.05, 0) is 27.2 Å². The van der Waals surface area contributed by atoms with E-state index in [4.69, 9.17) is 0 Å². The average Bonchev–Trinajstić information content (AvgIpc) is 1.98. The minimum absolute atomic E-state index is 0.0596. The van der Waals surface area contributed by atoms with E-state index in [9.17, 15) is 4.79 Å². The topological polar surface area (TPSA) is 32.3 Å². The van der Waals surface area contributed by atoms with Crippen LogP contribution in [0.25, 0.3) is 0 Å². The Morgan fingerprint density at radius 2 is 2.27 bits per heavy atom. The molecule has 0 aliphatic carbocycles. The molecule has 0 heterocycles. The maximum Gasteiger partial charge on any atom is 0.173 e. The normalized spacial score (nSPS) is 13.1. The Morgan fingerprint density at radius 1 is 1.73 bits per heavy atom. The predicted molar refractivity (Wildman–Crippen MR) is 46.6 cm³/mol. The molecule has 0 saturated carbocycles. The second-order valence-electron chi connectivity index (χ2n) is 2.64. The zero-order valence-electron chi connectivity index (χ0n) is 7.42. The van der Waals surface area contributed by atoms with Crippen LogP contribution in [-0.4, -0.2) is 44.4 Å². The molecule has 0 spiro atoms. The molecular weight excluding hydrogens is 140 g/mol. The molecule has 0 saturated heterocycles. The van der Waals surface area contributed by atoms with Gasteiger partial charge >= 0.3 is 0 Å². The van der Waals surface area contributed by atoms with Crippen LogP contribution in [0.3, 0.4) is 0 Å². The molecule has 0 bridgehead atoms. The van der Waals surface area contributed by atoms with Crippen LogP contribution in [-0.2, 0) is 4.79 Å². The first-order chi connectivity index (χ1) is 5.13. The number of nitrogens with one attached hydrogen (secondary N) is 1. The number of rotatable bonds is 5. The second kappa shape index (κ2) is 5.04. The van der Waals surface area contributed by atoms with Crippen molar-refractivity contribution in [2.45, 2.75) is 6.04 Å². The van der Waals surface area contributed by atoms with Gasteiger partial charge in [-0.3, -0.25) is 9.69 Å². The van der Waals surface area contributed by atoms with Gasteiger partial charge in [-0.25, -0.2) is 0 Å². The fourth-order valence-electron chi connectivity index (χ4n) is 0.867.